The number of nitrogens with two attached hydrogens (primary N) is 1. The molecule has 0 aromatic carbocycles. The standard InChI is InChI=1S/C12H20N4O2/c1-2-8-3-4-16(9(5-8)6-13)11(17)10-7-14-12(18)15-10/h7-9H,2-6,13H2,1H3,(H2,14,15,18). The van der Waals surface area contributed by atoms with E-state index in [-0.39, 0.29) is 17.6 Å². The SMILES string of the molecule is CCC1CCN(C(=O)c2c[nH]c(=O)[nH]2)C(CN)C1. The third-order valence-corrected chi connectivity index (χ3v) is 3.76. The first-order valence-electron chi connectivity index (χ1n) is 6.44. The van der Waals surface area contributed by atoms with Crippen LogP contribution in [0.25, 0.3) is 0 Å². The van der Waals surface area contributed by atoms with Gasteiger partial charge in [0.25, 0.3) is 5.91 Å². The molecule has 1 aliphatic rings. The highest BCUT2D eigenvalue weighted by atomic mass is 16.2. The zero-order valence-electron chi connectivity index (χ0n) is 10.6. The van der Waals surface area contributed by atoms with Gasteiger partial charge in [0.2, 0.25) is 0 Å². The Kier molecular flexibility index (Phi) is 3.86. The normalized spacial score (nSPS) is 24.2. The van der Waals surface area contributed by atoms with E-state index in [4.69, 9.17) is 5.73 Å². The van der Waals surface area contributed by atoms with Gasteiger partial charge in [-0.1, -0.05) is 13.3 Å². The topological polar surface area (TPSA) is 95.0 Å². The first-order chi connectivity index (χ1) is 8.65. The molecule has 0 radical (unpaired) electrons. The lowest BCUT2D eigenvalue weighted by Crippen LogP contribution is -2.49. The maximum absolute atomic E-state index is 12.3. The molecule has 2 atom stereocenters. The number of hydrogen-bond acceptors (Lipinski definition) is 3. The molecule has 6 nitrogen and oxygen atoms in total. The van der Waals surface area contributed by atoms with Gasteiger partial charge < -0.3 is 20.6 Å². The number of amides is 1. The minimum atomic E-state index is -0.355. The lowest BCUT2D eigenvalue weighted by Gasteiger charge is -2.38. The summed E-state index contributed by atoms with van der Waals surface area (Å²) in [6.07, 6.45) is 4.50. The average Bonchev–Trinajstić information content (AvgIpc) is 2.83. The number of carbonyl (C=O) groups is 1. The van der Waals surface area contributed by atoms with Crippen molar-refractivity contribution in [3.63, 3.8) is 0 Å². The summed E-state index contributed by atoms with van der Waals surface area (Å²) in [5.74, 6) is 0.506. The Morgan fingerprint density at radius 3 is 2.94 bits per heavy atom. The van der Waals surface area contributed by atoms with Crippen molar-refractivity contribution in [2.24, 2.45) is 11.7 Å². The number of hydrogen-bond donors (Lipinski definition) is 3. The molecule has 1 aromatic heterocycles. The quantitative estimate of drug-likeness (QED) is 0.721. The van der Waals surface area contributed by atoms with Gasteiger partial charge >= 0.3 is 5.69 Å². The smallest absolute Gasteiger partial charge is 0.323 e. The molecule has 0 aliphatic carbocycles. The van der Waals surface area contributed by atoms with Crippen molar-refractivity contribution in [1.29, 1.82) is 0 Å². The lowest BCUT2D eigenvalue weighted by molar-refractivity contribution is 0.0553. The molecule has 2 rings (SSSR count). The van der Waals surface area contributed by atoms with E-state index in [1.807, 2.05) is 0 Å². The largest absolute Gasteiger partial charge is 0.333 e. The Hall–Kier alpha value is -1.56. The number of rotatable bonds is 3. The van der Waals surface area contributed by atoms with Crippen LogP contribution in [0.1, 0.15) is 36.7 Å². The van der Waals surface area contributed by atoms with Crippen molar-refractivity contribution in [2.45, 2.75) is 32.2 Å². The fraction of sp³-hybridized carbons (Fsp3) is 0.667. The molecule has 0 bridgehead atoms. The first-order valence-corrected chi connectivity index (χ1v) is 6.44. The monoisotopic (exact) mass is 252 g/mol. The zero-order chi connectivity index (χ0) is 13.1. The second-order valence-electron chi connectivity index (χ2n) is 4.84. The number of aromatic nitrogens is 2. The van der Waals surface area contributed by atoms with Crippen molar-refractivity contribution in [1.82, 2.24) is 14.9 Å². The molecule has 4 N–H and O–H groups in total. The van der Waals surface area contributed by atoms with Gasteiger partial charge in [-0.2, -0.15) is 0 Å². The van der Waals surface area contributed by atoms with Crippen molar-refractivity contribution in [2.75, 3.05) is 13.1 Å². The summed E-state index contributed by atoms with van der Waals surface area (Å²) in [5.41, 5.74) is 5.72. The minimum Gasteiger partial charge on any atom is -0.333 e. The van der Waals surface area contributed by atoms with Crippen LogP contribution in [-0.2, 0) is 0 Å². The first kappa shape index (κ1) is 12.9. The van der Waals surface area contributed by atoms with Gasteiger partial charge in [0.15, 0.2) is 0 Å². The molecule has 1 aliphatic heterocycles. The molecular weight excluding hydrogens is 232 g/mol. The van der Waals surface area contributed by atoms with Crippen molar-refractivity contribution < 1.29 is 4.79 Å². The van der Waals surface area contributed by atoms with E-state index in [2.05, 4.69) is 16.9 Å². The Morgan fingerprint density at radius 1 is 1.61 bits per heavy atom. The highest BCUT2D eigenvalue weighted by Crippen LogP contribution is 2.25. The molecule has 1 saturated heterocycles. The summed E-state index contributed by atoms with van der Waals surface area (Å²) >= 11 is 0. The fourth-order valence-corrected chi connectivity index (χ4v) is 2.60. The third kappa shape index (κ3) is 2.48. The number of aromatic amines is 2. The van der Waals surface area contributed by atoms with Crippen LogP contribution in [0.4, 0.5) is 0 Å². The molecule has 0 saturated carbocycles. The van der Waals surface area contributed by atoms with E-state index >= 15 is 0 Å². The van der Waals surface area contributed by atoms with Gasteiger partial charge in [0.1, 0.15) is 5.69 Å². The van der Waals surface area contributed by atoms with E-state index in [0.717, 1.165) is 19.3 Å². The molecule has 2 heterocycles. The number of nitrogens with zero attached hydrogens (tertiary/aromatic N) is 1. The summed E-state index contributed by atoms with van der Waals surface area (Å²) in [7, 11) is 0. The van der Waals surface area contributed by atoms with E-state index in [9.17, 15) is 9.59 Å². The summed E-state index contributed by atoms with van der Waals surface area (Å²) < 4.78 is 0. The summed E-state index contributed by atoms with van der Waals surface area (Å²) in [4.78, 5) is 30.0. The molecule has 1 amide bonds. The lowest BCUT2D eigenvalue weighted by atomic mass is 9.88. The highest BCUT2D eigenvalue weighted by Gasteiger charge is 2.31. The molecule has 2 unspecified atom stereocenters. The van der Waals surface area contributed by atoms with Crippen LogP contribution in [0.5, 0.6) is 0 Å². The van der Waals surface area contributed by atoms with Gasteiger partial charge in [0.05, 0.1) is 0 Å². The summed E-state index contributed by atoms with van der Waals surface area (Å²) in [5, 5.41) is 0. The molecule has 18 heavy (non-hydrogen) atoms. The number of piperidine rings is 1. The predicted molar refractivity (Wildman–Crippen MR) is 68.3 cm³/mol. The van der Waals surface area contributed by atoms with Crippen LogP contribution in [0.3, 0.4) is 0 Å². The van der Waals surface area contributed by atoms with E-state index < -0.39 is 0 Å². The average molecular weight is 252 g/mol. The summed E-state index contributed by atoms with van der Waals surface area (Å²) in [6.45, 7) is 3.35. The molecular formula is C12H20N4O2. The Labute approximate surface area is 106 Å². The summed E-state index contributed by atoms with van der Waals surface area (Å²) in [6, 6.07) is 0.0783. The Balaban J connectivity index is 2.12. The molecule has 100 valence electrons. The van der Waals surface area contributed by atoms with Crippen LogP contribution in [0.15, 0.2) is 11.0 Å². The van der Waals surface area contributed by atoms with Gasteiger partial charge in [-0.3, -0.25) is 4.79 Å². The van der Waals surface area contributed by atoms with Crippen LogP contribution < -0.4 is 11.4 Å². The minimum absolute atomic E-state index is 0.0783. The van der Waals surface area contributed by atoms with Gasteiger partial charge in [-0.25, -0.2) is 4.79 Å². The maximum atomic E-state index is 12.3. The van der Waals surface area contributed by atoms with E-state index in [1.54, 1.807) is 4.90 Å². The number of nitrogens with one attached hydrogen (secondary N) is 2. The number of likely N-dealkylation sites (tertiary alicyclic amines) is 1. The van der Waals surface area contributed by atoms with Gasteiger partial charge in [0, 0.05) is 25.3 Å². The van der Waals surface area contributed by atoms with Crippen molar-refractivity contribution in [3.8, 4) is 0 Å². The molecule has 6 heteroatoms. The number of imidazole rings is 1. The van der Waals surface area contributed by atoms with Gasteiger partial charge in [-0.15, -0.1) is 0 Å². The number of H-pyrrole nitrogens is 2. The van der Waals surface area contributed by atoms with Gasteiger partial charge in [-0.05, 0) is 18.8 Å². The van der Waals surface area contributed by atoms with Crippen molar-refractivity contribution >= 4 is 5.91 Å². The Morgan fingerprint density at radius 2 is 2.39 bits per heavy atom. The molecule has 0 spiro atoms. The second kappa shape index (κ2) is 5.39. The highest BCUT2D eigenvalue weighted by molar-refractivity contribution is 5.92. The second-order valence-corrected chi connectivity index (χ2v) is 4.84. The predicted octanol–water partition coefficient (Wildman–Crippen LogP) is 0.293. The maximum Gasteiger partial charge on any atom is 0.323 e. The van der Waals surface area contributed by atoms with Crippen LogP contribution >= 0.6 is 0 Å². The zero-order valence-corrected chi connectivity index (χ0v) is 10.6. The van der Waals surface area contributed by atoms with Crippen molar-refractivity contribution in [3.05, 3.63) is 22.4 Å². The Bertz CT molecular complexity index is 465. The van der Waals surface area contributed by atoms with Crippen LogP contribution in [-0.4, -0.2) is 39.9 Å². The van der Waals surface area contributed by atoms with Crippen LogP contribution in [0.2, 0.25) is 0 Å². The van der Waals surface area contributed by atoms with Crippen LogP contribution in [0, 0.1) is 5.92 Å². The third-order valence-electron chi connectivity index (χ3n) is 3.76. The van der Waals surface area contributed by atoms with E-state index in [1.165, 1.54) is 6.20 Å². The fourth-order valence-electron chi connectivity index (χ4n) is 2.60. The molecule has 1 fully saturated rings. The molecule has 1 aromatic rings. The number of carbonyl (C=O) groups excluding carboxylic acids is 1. The van der Waals surface area contributed by atoms with E-state index in [0.29, 0.717) is 24.7 Å².